The fourth-order valence-electron chi connectivity index (χ4n) is 1.68. The van der Waals surface area contributed by atoms with Crippen LogP contribution in [0.15, 0.2) is 23.1 Å². The molecular weight excluding hydrogens is 332 g/mol. The predicted molar refractivity (Wildman–Crippen MR) is 84.3 cm³/mol. The Balaban J connectivity index is 2.32. The van der Waals surface area contributed by atoms with Crippen LogP contribution in [0.2, 0.25) is 5.02 Å². The molecule has 6 nitrogen and oxygen atoms in total. The van der Waals surface area contributed by atoms with Crippen LogP contribution in [0, 0.1) is 0 Å². The van der Waals surface area contributed by atoms with Gasteiger partial charge in [0.15, 0.2) is 0 Å². The van der Waals surface area contributed by atoms with Gasteiger partial charge in [-0.25, -0.2) is 8.42 Å². The lowest BCUT2D eigenvalue weighted by Crippen LogP contribution is -2.14. The number of nitrogens with zero attached hydrogens (tertiary/aromatic N) is 2. The Morgan fingerprint density at radius 1 is 1.33 bits per heavy atom. The molecule has 0 aliphatic carbocycles. The first-order valence-electron chi connectivity index (χ1n) is 6.24. The second kappa shape index (κ2) is 6.69. The van der Waals surface area contributed by atoms with Crippen LogP contribution >= 0.6 is 22.9 Å². The quantitative estimate of drug-likeness (QED) is 0.838. The summed E-state index contributed by atoms with van der Waals surface area (Å²) in [4.78, 5) is 0.0326. The van der Waals surface area contributed by atoms with E-state index in [-0.39, 0.29) is 15.0 Å². The van der Waals surface area contributed by atoms with Crippen molar-refractivity contribution >= 4 is 38.1 Å². The molecule has 21 heavy (non-hydrogen) atoms. The maximum Gasteiger partial charge on any atom is 0.265 e. The number of aryl methyl sites for hydroxylation is 1. The van der Waals surface area contributed by atoms with E-state index in [0.717, 1.165) is 10.6 Å². The third kappa shape index (κ3) is 3.91. The molecule has 114 valence electrons. The molecule has 2 rings (SSSR count). The van der Waals surface area contributed by atoms with Crippen molar-refractivity contribution in [2.45, 2.75) is 24.8 Å². The minimum Gasteiger partial charge on any atom is -0.316 e. The van der Waals surface area contributed by atoms with Gasteiger partial charge < -0.3 is 5.32 Å². The van der Waals surface area contributed by atoms with E-state index in [2.05, 4.69) is 20.2 Å². The molecule has 9 heteroatoms. The van der Waals surface area contributed by atoms with Crippen molar-refractivity contribution in [3.8, 4) is 0 Å². The number of benzene rings is 1. The van der Waals surface area contributed by atoms with Crippen molar-refractivity contribution in [2.24, 2.45) is 0 Å². The topological polar surface area (TPSA) is 84.0 Å². The Morgan fingerprint density at radius 3 is 2.71 bits per heavy atom. The van der Waals surface area contributed by atoms with Gasteiger partial charge in [-0.2, -0.15) is 0 Å². The first kappa shape index (κ1) is 16.2. The summed E-state index contributed by atoms with van der Waals surface area (Å²) in [5, 5.41) is 11.8. The van der Waals surface area contributed by atoms with Crippen molar-refractivity contribution in [3.63, 3.8) is 0 Å². The van der Waals surface area contributed by atoms with Crippen LogP contribution in [-0.2, 0) is 23.0 Å². The number of rotatable bonds is 6. The number of hydrogen-bond acceptors (Lipinski definition) is 6. The summed E-state index contributed by atoms with van der Waals surface area (Å²) in [6, 6.07) is 4.89. The zero-order valence-electron chi connectivity index (χ0n) is 11.6. The highest BCUT2D eigenvalue weighted by Gasteiger charge is 2.20. The molecule has 2 N–H and O–H groups in total. The summed E-state index contributed by atoms with van der Waals surface area (Å²) in [5.41, 5.74) is 0.828. The molecule has 1 aromatic heterocycles. The van der Waals surface area contributed by atoms with Gasteiger partial charge in [-0.3, -0.25) is 4.72 Å². The molecule has 0 radical (unpaired) electrons. The van der Waals surface area contributed by atoms with E-state index in [1.807, 2.05) is 6.92 Å². The fraction of sp³-hybridized carbons (Fsp3) is 0.333. The maximum atomic E-state index is 12.4. The zero-order chi connectivity index (χ0) is 15.5. The van der Waals surface area contributed by atoms with E-state index in [9.17, 15) is 8.42 Å². The molecule has 0 saturated heterocycles. The van der Waals surface area contributed by atoms with Gasteiger partial charge in [0.2, 0.25) is 5.13 Å². The largest absolute Gasteiger partial charge is 0.316 e. The molecular formula is C12H15ClN4O2S2. The molecule has 0 aliphatic rings. The fourth-order valence-corrected chi connectivity index (χ4v) is 4.14. The van der Waals surface area contributed by atoms with E-state index in [4.69, 9.17) is 11.6 Å². The molecule has 0 atom stereocenters. The van der Waals surface area contributed by atoms with Gasteiger partial charge in [-0.1, -0.05) is 35.9 Å². The first-order chi connectivity index (χ1) is 9.96. The van der Waals surface area contributed by atoms with E-state index in [1.165, 1.54) is 11.3 Å². The Labute approximate surface area is 132 Å². The molecule has 2 aromatic rings. The van der Waals surface area contributed by atoms with E-state index < -0.39 is 10.0 Å². The molecule has 0 aliphatic heterocycles. The van der Waals surface area contributed by atoms with Gasteiger partial charge in [-0.05, 0) is 31.2 Å². The molecule has 0 amide bonds. The number of aromatic nitrogens is 2. The molecule has 0 bridgehead atoms. The van der Waals surface area contributed by atoms with Gasteiger partial charge in [0, 0.05) is 6.54 Å². The number of hydrogen-bond donors (Lipinski definition) is 2. The van der Waals surface area contributed by atoms with Crippen molar-refractivity contribution in [2.75, 3.05) is 11.8 Å². The van der Waals surface area contributed by atoms with Crippen LogP contribution in [0.5, 0.6) is 0 Å². The smallest absolute Gasteiger partial charge is 0.265 e. The minimum absolute atomic E-state index is 0.0326. The lowest BCUT2D eigenvalue weighted by Gasteiger charge is -2.09. The van der Waals surface area contributed by atoms with E-state index in [0.29, 0.717) is 13.0 Å². The summed E-state index contributed by atoms with van der Waals surface area (Å²) in [5.74, 6) is 0. The second-order valence-corrected chi connectivity index (χ2v) is 7.38. The summed E-state index contributed by atoms with van der Waals surface area (Å²) in [6.07, 6.45) is 0.706. The molecule has 1 heterocycles. The Hall–Kier alpha value is -1.22. The molecule has 0 spiro atoms. The lowest BCUT2D eigenvalue weighted by atomic mass is 10.2. The number of halogens is 1. The van der Waals surface area contributed by atoms with Gasteiger partial charge in [0.25, 0.3) is 10.0 Å². The lowest BCUT2D eigenvalue weighted by molar-refractivity contribution is 0.601. The van der Waals surface area contributed by atoms with Crippen molar-refractivity contribution in [1.29, 1.82) is 0 Å². The summed E-state index contributed by atoms with van der Waals surface area (Å²) in [7, 11) is -2.00. The highest BCUT2D eigenvalue weighted by atomic mass is 35.5. The van der Waals surface area contributed by atoms with Crippen LogP contribution in [0.4, 0.5) is 5.13 Å². The van der Waals surface area contributed by atoms with Gasteiger partial charge >= 0.3 is 0 Å². The average Bonchev–Trinajstić information content (AvgIpc) is 2.88. The van der Waals surface area contributed by atoms with Crippen LogP contribution < -0.4 is 10.0 Å². The summed E-state index contributed by atoms with van der Waals surface area (Å²) in [6.45, 7) is 2.48. The van der Waals surface area contributed by atoms with E-state index in [1.54, 1.807) is 25.2 Å². The minimum atomic E-state index is -3.78. The Kier molecular flexibility index (Phi) is 5.15. The zero-order valence-corrected chi connectivity index (χ0v) is 13.9. The van der Waals surface area contributed by atoms with Crippen molar-refractivity contribution in [1.82, 2.24) is 15.5 Å². The Morgan fingerprint density at radius 2 is 2.10 bits per heavy atom. The highest BCUT2D eigenvalue weighted by Crippen LogP contribution is 2.26. The monoisotopic (exact) mass is 346 g/mol. The van der Waals surface area contributed by atoms with Crippen LogP contribution in [0.1, 0.15) is 17.5 Å². The molecule has 0 saturated carbocycles. The SMILES string of the molecule is CCc1nnc(NS(=O)(=O)c2cc(CNC)ccc2Cl)s1. The normalized spacial score (nSPS) is 11.6. The molecule has 1 aromatic carbocycles. The number of nitrogens with one attached hydrogen (secondary N) is 2. The first-order valence-corrected chi connectivity index (χ1v) is 8.92. The highest BCUT2D eigenvalue weighted by molar-refractivity contribution is 7.93. The second-order valence-electron chi connectivity index (χ2n) is 4.26. The molecule has 0 unspecified atom stereocenters. The third-order valence-electron chi connectivity index (χ3n) is 2.66. The van der Waals surface area contributed by atoms with Crippen molar-refractivity contribution in [3.05, 3.63) is 33.8 Å². The van der Waals surface area contributed by atoms with Gasteiger partial charge in [0.05, 0.1) is 5.02 Å². The third-order valence-corrected chi connectivity index (χ3v) is 5.59. The van der Waals surface area contributed by atoms with E-state index >= 15 is 0 Å². The van der Waals surface area contributed by atoms with Gasteiger partial charge in [0.1, 0.15) is 9.90 Å². The van der Waals surface area contributed by atoms with Crippen LogP contribution in [-0.4, -0.2) is 25.7 Å². The summed E-state index contributed by atoms with van der Waals surface area (Å²) >= 11 is 7.21. The maximum absolute atomic E-state index is 12.4. The average molecular weight is 347 g/mol. The Bertz CT molecular complexity index is 731. The van der Waals surface area contributed by atoms with Crippen LogP contribution in [0.3, 0.4) is 0 Å². The van der Waals surface area contributed by atoms with Crippen molar-refractivity contribution < 1.29 is 8.42 Å². The predicted octanol–water partition coefficient (Wildman–Crippen LogP) is 2.27. The summed E-state index contributed by atoms with van der Waals surface area (Å²) < 4.78 is 27.2. The standard InChI is InChI=1S/C12H15ClN4O2S2/c1-3-11-15-16-12(20-11)17-21(18,19)10-6-8(7-14-2)4-5-9(10)13/h4-6,14H,3,7H2,1-2H3,(H,16,17). The van der Waals surface area contributed by atoms with Crippen LogP contribution in [0.25, 0.3) is 0 Å². The number of anilines is 1. The molecule has 0 fully saturated rings. The number of sulfonamides is 1. The van der Waals surface area contributed by atoms with Gasteiger partial charge in [-0.15, -0.1) is 10.2 Å².